The van der Waals surface area contributed by atoms with Crippen molar-refractivity contribution < 1.29 is 18.3 Å². The molecule has 1 aliphatic heterocycles. The molecule has 1 fully saturated rings. The molecule has 0 atom stereocenters. The molecule has 5 nitrogen and oxygen atoms in total. The number of carbonyl (C=O) groups excluding carboxylic acids is 1. The molecule has 1 saturated heterocycles. The van der Waals surface area contributed by atoms with Gasteiger partial charge >= 0.3 is 12.6 Å². The highest BCUT2D eigenvalue weighted by atomic mass is 19.3. The zero-order valence-corrected chi connectivity index (χ0v) is 14.7. The fourth-order valence-electron chi connectivity index (χ4n) is 3.20. The van der Waals surface area contributed by atoms with Crippen molar-refractivity contribution in [3.8, 4) is 0 Å². The average Bonchev–Trinajstić information content (AvgIpc) is 2.93. The third-order valence-electron chi connectivity index (χ3n) is 4.33. The van der Waals surface area contributed by atoms with Crippen molar-refractivity contribution in [2.24, 2.45) is 0 Å². The molecule has 136 valence electrons. The first kappa shape index (κ1) is 17.6. The molecule has 0 aliphatic carbocycles. The van der Waals surface area contributed by atoms with E-state index in [1.165, 1.54) is 0 Å². The van der Waals surface area contributed by atoms with Crippen molar-refractivity contribution in [2.45, 2.75) is 51.7 Å². The predicted molar refractivity (Wildman–Crippen MR) is 90.8 cm³/mol. The number of benzene rings is 1. The number of ether oxygens (including phenoxy) is 1. The number of piperidine rings is 1. The Morgan fingerprint density at radius 1 is 1.24 bits per heavy atom. The van der Waals surface area contributed by atoms with E-state index in [2.05, 4.69) is 4.98 Å². The van der Waals surface area contributed by atoms with Gasteiger partial charge in [-0.05, 0) is 45.7 Å². The highest BCUT2D eigenvalue weighted by molar-refractivity contribution is 5.76. The number of amides is 1. The van der Waals surface area contributed by atoms with E-state index in [1.807, 2.05) is 20.8 Å². The van der Waals surface area contributed by atoms with Crippen molar-refractivity contribution >= 4 is 17.1 Å². The number of nitrogens with zero attached hydrogens (tertiary/aromatic N) is 3. The molecule has 2 aromatic rings. The van der Waals surface area contributed by atoms with Crippen LogP contribution in [0.25, 0.3) is 11.0 Å². The zero-order valence-electron chi connectivity index (χ0n) is 14.7. The van der Waals surface area contributed by atoms with Gasteiger partial charge in [0.1, 0.15) is 11.4 Å². The molecule has 0 N–H and O–H groups in total. The summed E-state index contributed by atoms with van der Waals surface area (Å²) in [5.41, 5.74) is 0.479. The van der Waals surface area contributed by atoms with Crippen LogP contribution in [0, 0.1) is 0 Å². The van der Waals surface area contributed by atoms with Crippen molar-refractivity contribution in [3.63, 3.8) is 0 Å². The lowest BCUT2D eigenvalue weighted by Gasteiger charge is -2.33. The summed E-state index contributed by atoms with van der Waals surface area (Å²) in [6, 6.07) is 6.93. The molecule has 2 heterocycles. The van der Waals surface area contributed by atoms with E-state index in [0.29, 0.717) is 42.8 Å². The average molecular weight is 351 g/mol. The van der Waals surface area contributed by atoms with Crippen molar-refractivity contribution in [2.75, 3.05) is 13.1 Å². The minimum atomic E-state index is -2.63. The normalized spacial score (nSPS) is 16.6. The van der Waals surface area contributed by atoms with Crippen LogP contribution in [0.3, 0.4) is 0 Å². The van der Waals surface area contributed by atoms with Crippen LogP contribution in [0.5, 0.6) is 0 Å². The van der Waals surface area contributed by atoms with Gasteiger partial charge in [0.05, 0.1) is 11.0 Å². The lowest BCUT2D eigenvalue weighted by atomic mass is 9.96. The van der Waals surface area contributed by atoms with Crippen LogP contribution < -0.4 is 0 Å². The largest absolute Gasteiger partial charge is 0.444 e. The van der Waals surface area contributed by atoms with Gasteiger partial charge in [0, 0.05) is 19.0 Å². The summed E-state index contributed by atoms with van der Waals surface area (Å²) in [6.07, 6.45) is 0.832. The molecule has 25 heavy (non-hydrogen) atoms. The van der Waals surface area contributed by atoms with Gasteiger partial charge in [-0.15, -0.1) is 0 Å². The fraction of sp³-hybridized carbons (Fsp3) is 0.556. The quantitative estimate of drug-likeness (QED) is 0.798. The molecule has 1 aliphatic rings. The second-order valence-electron chi connectivity index (χ2n) is 7.35. The number of fused-ring (bicyclic) bond motifs is 1. The van der Waals surface area contributed by atoms with Crippen LogP contribution in [0.4, 0.5) is 13.6 Å². The molecule has 0 saturated carbocycles. The number of alkyl halides is 2. The highest BCUT2D eigenvalue weighted by Gasteiger charge is 2.31. The van der Waals surface area contributed by atoms with Gasteiger partial charge in [-0.25, -0.2) is 9.78 Å². The fourth-order valence-corrected chi connectivity index (χ4v) is 3.20. The van der Waals surface area contributed by atoms with Gasteiger partial charge in [0.2, 0.25) is 0 Å². The number of imidazole rings is 1. The van der Waals surface area contributed by atoms with E-state index >= 15 is 0 Å². The van der Waals surface area contributed by atoms with Crippen LogP contribution in [-0.4, -0.2) is 39.2 Å². The van der Waals surface area contributed by atoms with E-state index in [1.54, 1.807) is 29.2 Å². The number of hydrogen-bond donors (Lipinski definition) is 0. The Balaban J connectivity index is 1.76. The molecular weight excluding hydrogens is 328 g/mol. The summed E-state index contributed by atoms with van der Waals surface area (Å²) in [5.74, 6) is 0.306. The number of halogens is 2. The molecule has 7 heteroatoms. The summed E-state index contributed by atoms with van der Waals surface area (Å²) in [6.45, 7) is 3.79. The molecule has 1 aromatic carbocycles. The number of hydrogen-bond acceptors (Lipinski definition) is 3. The maximum atomic E-state index is 13.6. The lowest BCUT2D eigenvalue weighted by Crippen LogP contribution is -2.41. The third-order valence-corrected chi connectivity index (χ3v) is 4.33. The third kappa shape index (κ3) is 3.75. The van der Waals surface area contributed by atoms with Gasteiger partial charge < -0.3 is 9.64 Å². The molecule has 0 spiro atoms. The molecule has 0 bridgehead atoms. The van der Waals surface area contributed by atoms with E-state index in [9.17, 15) is 13.6 Å². The molecular formula is C18H23F2N3O2. The lowest BCUT2D eigenvalue weighted by molar-refractivity contribution is 0.0194. The van der Waals surface area contributed by atoms with Crippen molar-refractivity contribution in [1.29, 1.82) is 0 Å². The van der Waals surface area contributed by atoms with Crippen LogP contribution in [0.15, 0.2) is 24.3 Å². The van der Waals surface area contributed by atoms with Gasteiger partial charge in [-0.1, -0.05) is 12.1 Å². The van der Waals surface area contributed by atoms with E-state index < -0.39 is 12.2 Å². The Kier molecular flexibility index (Phi) is 4.67. The second-order valence-corrected chi connectivity index (χ2v) is 7.35. The van der Waals surface area contributed by atoms with E-state index in [4.69, 9.17) is 4.74 Å². The first-order valence-corrected chi connectivity index (χ1v) is 8.49. The molecule has 0 unspecified atom stereocenters. The van der Waals surface area contributed by atoms with Gasteiger partial charge in [0.25, 0.3) is 0 Å². The summed E-state index contributed by atoms with van der Waals surface area (Å²) in [5, 5.41) is 0. The minimum absolute atomic E-state index is 0.0971. The van der Waals surface area contributed by atoms with Crippen LogP contribution >= 0.6 is 0 Å². The van der Waals surface area contributed by atoms with E-state index in [-0.39, 0.29) is 12.0 Å². The number of para-hydroxylation sites is 2. The number of aromatic nitrogens is 2. The minimum Gasteiger partial charge on any atom is -0.444 e. The van der Waals surface area contributed by atoms with Crippen molar-refractivity contribution in [3.05, 3.63) is 30.1 Å². The maximum Gasteiger partial charge on any atom is 0.410 e. The van der Waals surface area contributed by atoms with E-state index in [0.717, 1.165) is 4.57 Å². The number of carbonyl (C=O) groups is 1. The van der Waals surface area contributed by atoms with Gasteiger partial charge in [-0.2, -0.15) is 8.78 Å². The Hall–Kier alpha value is -2.18. The SMILES string of the molecule is CC(C)(C)OC(=O)N1CCC(c2nc3ccccc3n2C(F)F)CC1. The van der Waals surface area contributed by atoms with Crippen molar-refractivity contribution in [1.82, 2.24) is 14.5 Å². The summed E-state index contributed by atoms with van der Waals surface area (Å²) < 4.78 is 33.5. The highest BCUT2D eigenvalue weighted by Crippen LogP contribution is 2.33. The molecule has 3 rings (SSSR count). The predicted octanol–water partition coefficient (Wildman–Crippen LogP) is 4.55. The van der Waals surface area contributed by atoms with Crippen LogP contribution in [0.2, 0.25) is 0 Å². The first-order chi connectivity index (χ1) is 11.8. The Labute approximate surface area is 145 Å². The number of likely N-dealkylation sites (tertiary alicyclic amines) is 1. The second kappa shape index (κ2) is 6.61. The van der Waals surface area contributed by atoms with Crippen LogP contribution in [0.1, 0.15) is 51.9 Å². The topological polar surface area (TPSA) is 47.4 Å². The maximum absolute atomic E-state index is 13.6. The summed E-state index contributed by atoms with van der Waals surface area (Å²) in [4.78, 5) is 18.2. The Morgan fingerprint density at radius 3 is 2.48 bits per heavy atom. The smallest absolute Gasteiger partial charge is 0.410 e. The monoisotopic (exact) mass is 351 g/mol. The number of rotatable bonds is 2. The molecule has 1 aromatic heterocycles. The standard InChI is InChI=1S/C18H23F2N3O2/c1-18(2,3)25-17(24)22-10-8-12(9-11-22)15-21-13-6-4-5-7-14(13)23(15)16(19)20/h4-7,12,16H,8-11H2,1-3H3. The Morgan fingerprint density at radius 2 is 1.88 bits per heavy atom. The summed E-state index contributed by atoms with van der Waals surface area (Å²) in [7, 11) is 0. The zero-order chi connectivity index (χ0) is 18.2. The summed E-state index contributed by atoms with van der Waals surface area (Å²) >= 11 is 0. The van der Waals surface area contributed by atoms with Crippen LogP contribution in [-0.2, 0) is 4.74 Å². The van der Waals surface area contributed by atoms with Gasteiger partial charge in [-0.3, -0.25) is 4.57 Å². The Bertz CT molecular complexity index is 759. The first-order valence-electron chi connectivity index (χ1n) is 8.49. The van der Waals surface area contributed by atoms with Gasteiger partial charge in [0.15, 0.2) is 0 Å². The molecule has 1 amide bonds. The molecule has 0 radical (unpaired) electrons.